The third-order valence-electron chi connectivity index (χ3n) is 12.4. The summed E-state index contributed by atoms with van der Waals surface area (Å²) in [5.74, 6) is 0. The molecule has 0 aliphatic carbocycles. The summed E-state index contributed by atoms with van der Waals surface area (Å²) < 4.78 is 4.78. The van der Waals surface area contributed by atoms with Crippen molar-refractivity contribution in [2.45, 2.75) is 12.6 Å². The van der Waals surface area contributed by atoms with Crippen LogP contribution in [0.5, 0.6) is 0 Å². The number of rotatable bonds is 7. The topological polar surface area (TPSA) is 34.6 Å². The van der Waals surface area contributed by atoms with Crippen molar-refractivity contribution in [2.24, 2.45) is 9.98 Å². The summed E-state index contributed by atoms with van der Waals surface area (Å²) in [7, 11) is 0. The van der Waals surface area contributed by atoms with E-state index in [0.717, 1.165) is 45.1 Å². The number of para-hydroxylation sites is 3. The van der Waals surface area contributed by atoms with Crippen LogP contribution in [0.3, 0.4) is 0 Å². The minimum Gasteiger partial charge on any atom is -0.309 e. The molecule has 0 saturated heterocycles. The van der Waals surface area contributed by atoms with Gasteiger partial charge in [-0.15, -0.1) is 0 Å². The van der Waals surface area contributed by atoms with E-state index in [0.29, 0.717) is 6.42 Å². The van der Waals surface area contributed by atoms with Crippen LogP contribution in [-0.2, 0) is 0 Å². The Morgan fingerprint density at radius 3 is 1.47 bits per heavy atom. The molecule has 292 valence electrons. The quantitative estimate of drug-likeness (QED) is 0.154. The first kappa shape index (κ1) is 35.8. The van der Waals surface area contributed by atoms with Crippen LogP contribution >= 0.6 is 0 Å². The van der Waals surface area contributed by atoms with E-state index < -0.39 is 0 Å². The summed E-state index contributed by atoms with van der Waals surface area (Å²) >= 11 is 0. The number of benzene rings is 9. The number of hydrogen-bond acceptors (Lipinski definition) is 2. The van der Waals surface area contributed by atoms with Gasteiger partial charge in [0.25, 0.3) is 0 Å². The first-order chi connectivity index (χ1) is 30.7. The molecule has 0 saturated carbocycles. The minimum absolute atomic E-state index is 0.367. The van der Waals surface area contributed by atoms with Gasteiger partial charge >= 0.3 is 0 Å². The number of aromatic nitrogens is 2. The summed E-state index contributed by atoms with van der Waals surface area (Å²) in [5, 5.41) is 4.92. The molecule has 0 amide bonds. The lowest BCUT2D eigenvalue weighted by molar-refractivity contribution is 0.764. The van der Waals surface area contributed by atoms with E-state index in [2.05, 4.69) is 234 Å². The molecule has 0 radical (unpaired) electrons. The molecule has 1 aliphatic rings. The largest absolute Gasteiger partial charge is 0.309 e. The van der Waals surface area contributed by atoms with Gasteiger partial charge in [0.2, 0.25) is 0 Å². The minimum atomic E-state index is -0.367. The maximum absolute atomic E-state index is 5.32. The fourth-order valence-electron chi connectivity index (χ4n) is 9.56. The molecule has 0 fully saturated rings. The molecule has 0 atom stereocenters. The summed E-state index contributed by atoms with van der Waals surface area (Å²) in [6.45, 7) is 0. The Balaban J connectivity index is 1.03. The van der Waals surface area contributed by atoms with Crippen LogP contribution in [-0.4, -0.2) is 20.6 Å². The number of aliphatic imine (C=N–C) groups is 2. The van der Waals surface area contributed by atoms with Gasteiger partial charge in [-0.2, -0.15) is 0 Å². The van der Waals surface area contributed by atoms with Gasteiger partial charge in [-0.25, -0.2) is 0 Å². The normalized spacial score (nSPS) is 13.2. The van der Waals surface area contributed by atoms with Gasteiger partial charge in [0.05, 0.1) is 33.5 Å². The van der Waals surface area contributed by atoms with Crippen LogP contribution in [0.4, 0.5) is 0 Å². The fourth-order valence-corrected chi connectivity index (χ4v) is 9.56. The van der Waals surface area contributed by atoms with E-state index in [4.69, 9.17) is 9.98 Å². The summed E-state index contributed by atoms with van der Waals surface area (Å²) in [4.78, 5) is 10.6. The van der Waals surface area contributed by atoms with Crippen molar-refractivity contribution in [1.29, 1.82) is 0 Å². The van der Waals surface area contributed by atoms with Gasteiger partial charge in [0, 0.05) is 39.3 Å². The lowest BCUT2D eigenvalue weighted by Gasteiger charge is -2.21. The highest BCUT2D eigenvalue weighted by molar-refractivity contribution is 6.19. The Bertz CT molecular complexity index is 3470. The number of nitrogens with zero attached hydrogens (tertiary/aromatic N) is 4. The molecule has 0 unspecified atom stereocenters. The molecule has 9 aromatic carbocycles. The Hall–Kier alpha value is -8.08. The molecule has 1 aliphatic heterocycles. The van der Waals surface area contributed by atoms with Crippen LogP contribution in [0.1, 0.15) is 29.3 Å². The average Bonchev–Trinajstić information content (AvgIpc) is 3.87. The van der Waals surface area contributed by atoms with E-state index in [-0.39, 0.29) is 6.17 Å². The van der Waals surface area contributed by atoms with Crippen LogP contribution in [0.2, 0.25) is 0 Å². The molecule has 11 aromatic rings. The Kier molecular flexibility index (Phi) is 8.60. The summed E-state index contributed by atoms with van der Waals surface area (Å²) in [6.07, 6.45) is 0.320. The first-order valence-corrected chi connectivity index (χ1v) is 21.3. The smallest absolute Gasteiger partial charge is 0.165 e. The first-order valence-electron chi connectivity index (χ1n) is 21.3. The molecular weight excluding hydrogens is 753 g/mol. The van der Waals surface area contributed by atoms with Crippen molar-refractivity contribution in [2.75, 3.05) is 0 Å². The van der Waals surface area contributed by atoms with Gasteiger partial charge in [-0.3, -0.25) is 9.98 Å². The molecular formula is C58H40N4. The predicted molar refractivity (Wildman–Crippen MR) is 259 cm³/mol. The van der Waals surface area contributed by atoms with Crippen molar-refractivity contribution in [3.63, 3.8) is 0 Å². The zero-order valence-corrected chi connectivity index (χ0v) is 33.9. The third kappa shape index (κ3) is 6.07. The van der Waals surface area contributed by atoms with Gasteiger partial charge in [0.1, 0.15) is 0 Å². The van der Waals surface area contributed by atoms with Gasteiger partial charge < -0.3 is 9.13 Å². The average molecular weight is 793 g/mol. The van der Waals surface area contributed by atoms with Gasteiger partial charge in [0.15, 0.2) is 6.17 Å². The Morgan fingerprint density at radius 2 is 0.823 bits per heavy atom. The highest BCUT2D eigenvalue weighted by Crippen LogP contribution is 2.42. The lowest BCUT2D eigenvalue weighted by Crippen LogP contribution is -2.18. The molecule has 3 heterocycles. The van der Waals surface area contributed by atoms with Crippen molar-refractivity contribution in [1.82, 2.24) is 9.13 Å². The second kappa shape index (κ2) is 14.9. The highest BCUT2D eigenvalue weighted by Gasteiger charge is 2.23. The molecule has 0 N–H and O–H groups in total. The predicted octanol–water partition coefficient (Wildman–Crippen LogP) is 14.6. The van der Waals surface area contributed by atoms with Crippen molar-refractivity contribution >= 4 is 55.0 Å². The van der Waals surface area contributed by atoms with Crippen molar-refractivity contribution < 1.29 is 0 Å². The second-order valence-corrected chi connectivity index (χ2v) is 16.1. The third-order valence-corrected chi connectivity index (χ3v) is 12.4. The molecule has 0 spiro atoms. The maximum atomic E-state index is 5.32. The van der Waals surface area contributed by atoms with Crippen LogP contribution < -0.4 is 0 Å². The molecule has 2 aromatic heterocycles. The van der Waals surface area contributed by atoms with Crippen LogP contribution in [0, 0.1) is 0 Å². The second-order valence-electron chi connectivity index (χ2n) is 16.1. The van der Waals surface area contributed by atoms with E-state index in [1.54, 1.807) is 0 Å². The van der Waals surface area contributed by atoms with E-state index in [1.165, 1.54) is 60.3 Å². The fraction of sp³-hybridized carbons (Fsp3) is 0.0345. The zero-order valence-electron chi connectivity index (χ0n) is 33.9. The summed E-state index contributed by atoms with van der Waals surface area (Å²) in [6, 6.07) is 80.7. The lowest BCUT2D eigenvalue weighted by atomic mass is 9.95. The molecule has 0 bridgehead atoms. The zero-order chi connectivity index (χ0) is 41.0. The van der Waals surface area contributed by atoms with Crippen molar-refractivity contribution in [3.8, 4) is 33.6 Å². The van der Waals surface area contributed by atoms with Crippen LogP contribution in [0.15, 0.2) is 234 Å². The monoisotopic (exact) mass is 792 g/mol. The van der Waals surface area contributed by atoms with E-state index in [1.807, 2.05) is 0 Å². The highest BCUT2D eigenvalue weighted by atomic mass is 15.0. The van der Waals surface area contributed by atoms with E-state index in [9.17, 15) is 0 Å². The van der Waals surface area contributed by atoms with Gasteiger partial charge in [-0.05, 0) is 106 Å². The SMILES string of the molecule is c1ccc(C2=NC(c3cccc(-c4cccc5c4c4cc(-c6ccc7c(c6)c6ccccc6n7-c6ccccc6)ccc4n5-c4ccccc4)c3)N=C(c3ccccc3)C2)cc1. The Labute approximate surface area is 360 Å². The van der Waals surface area contributed by atoms with Crippen LogP contribution in [0.25, 0.3) is 77.2 Å². The maximum Gasteiger partial charge on any atom is 0.165 e. The standard InChI is InChI=1S/C58H40N4/c1-5-17-39(18-6-1)51-38-52(40-19-7-2-8-20-40)60-58(59-51)44-22-15-21-43(35-44)47-28-16-30-56-57(47)50-37-42(32-34-55(50)62(56)46-25-11-4-12-26-46)41-31-33-54-49(36-41)48-27-13-14-29-53(48)61(54)45-23-9-3-10-24-45/h1-37,58H,38H2. The number of hydrogen-bond donors (Lipinski definition) is 0. The molecule has 4 nitrogen and oxygen atoms in total. The molecule has 62 heavy (non-hydrogen) atoms. The van der Waals surface area contributed by atoms with Gasteiger partial charge in [-0.1, -0.05) is 158 Å². The molecule has 4 heteroatoms. The number of fused-ring (bicyclic) bond motifs is 6. The summed E-state index contributed by atoms with van der Waals surface area (Å²) in [5.41, 5.74) is 17.2. The molecule has 12 rings (SSSR count). The Morgan fingerprint density at radius 1 is 0.339 bits per heavy atom. The van der Waals surface area contributed by atoms with Crippen molar-refractivity contribution in [3.05, 3.63) is 241 Å². The van der Waals surface area contributed by atoms with E-state index >= 15 is 0 Å².